The van der Waals surface area contributed by atoms with Gasteiger partial charge in [-0.05, 0) is 67.4 Å². The molecule has 0 saturated heterocycles. The summed E-state index contributed by atoms with van der Waals surface area (Å²) in [7, 11) is 0. The van der Waals surface area contributed by atoms with Crippen molar-refractivity contribution in [1.29, 1.82) is 0 Å². The average molecular weight is 825 g/mol. The Morgan fingerprint density at radius 3 is 1.00 bits per heavy atom. The van der Waals surface area contributed by atoms with Gasteiger partial charge in [0, 0.05) is 22.3 Å². The molecule has 56 heavy (non-hydrogen) atoms. The van der Waals surface area contributed by atoms with Crippen molar-refractivity contribution in [2.75, 3.05) is 39.6 Å². The van der Waals surface area contributed by atoms with Crippen LogP contribution in [0.3, 0.4) is 0 Å². The zero-order valence-electron chi connectivity index (χ0n) is 29.8. The van der Waals surface area contributed by atoms with Gasteiger partial charge in [0.05, 0.1) is 46.5 Å². The number of rotatable bonds is 13. The van der Waals surface area contributed by atoms with Crippen molar-refractivity contribution in [3.63, 3.8) is 0 Å². The molecule has 0 radical (unpaired) electrons. The summed E-state index contributed by atoms with van der Waals surface area (Å²) < 4.78 is 24.3. The maximum Gasteiger partial charge on any atom is 0.146 e. The number of ether oxygens (including phenoxy) is 4. The molecule has 282 valence electrons. The standard InChI is InChI=1S/C46H34Cl4O6/c47-35-23-27-9-1-5-13-31(27)39(43(35)51)41-33-15-7-3-11-29(33)25-37(49)45(41)55-21-19-53-17-18-54-20-22-56-46-38(50)26-30-12-4-8-16-34(30)42(46)40-32-14-6-2-10-28(32)24-36(48)44(40)52/h1-16,23-26,51-52H,17-22H2. The number of hydrogen-bond acceptors (Lipinski definition) is 6. The highest BCUT2D eigenvalue weighted by molar-refractivity contribution is 6.37. The molecule has 0 fully saturated rings. The van der Waals surface area contributed by atoms with Crippen molar-refractivity contribution in [1.82, 2.24) is 0 Å². The van der Waals surface area contributed by atoms with Gasteiger partial charge >= 0.3 is 0 Å². The van der Waals surface area contributed by atoms with Crippen molar-refractivity contribution in [2.45, 2.75) is 0 Å². The summed E-state index contributed by atoms with van der Waals surface area (Å²) in [6.45, 7) is 1.54. The fourth-order valence-corrected chi connectivity index (χ4v) is 8.16. The minimum Gasteiger partial charge on any atom is -0.506 e. The van der Waals surface area contributed by atoms with Crippen LogP contribution in [0, 0.1) is 0 Å². The lowest BCUT2D eigenvalue weighted by molar-refractivity contribution is 0.0275. The molecule has 0 aliphatic rings. The van der Waals surface area contributed by atoms with Crippen molar-refractivity contribution >= 4 is 89.5 Å². The van der Waals surface area contributed by atoms with Crippen LogP contribution in [0.4, 0.5) is 0 Å². The van der Waals surface area contributed by atoms with Crippen molar-refractivity contribution in [2.24, 2.45) is 0 Å². The largest absolute Gasteiger partial charge is 0.506 e. The zero-order valence-corrected chi connectivity index (χ0v) is 32.9. The van der Waals surface area contributed by atoms with E-state index in [2.05, 4.69) is 0 Å². The van der Waals surface area contributed by atoms with Crippen LogP contribution in [0.2, 0.25) is 20.1 Å². The van der Waals surface area contributed by atoms with Gasteiger partial charge in [-0.3, -0.25) is 0 Å². The Labute approximate surface area is 343 Å². The fraction of sp³-hybridized carbons (Fsp3) is 0.130. The second-order valence-corrected chi connectivity index (χ2v) is 14.7. The van der Waals surface area contributed by atoms with E-state index in [0.29, 0.717) is 57.0 Å². The number of fused-ring (bicyclic) bond motifs is 4. The number of halogens is 4. The summed E-state index contributed by atoms with van der Waals surface area (Å²) in [4.78, 5) is 0. The maximum atomic E-state index is 11.3. The molecule has 10 heteroatoms. The fourth-order valence-electron chi connectivity index (χ4n) is 7.21. The van der Waals surface area contributed by atoms with Crippen molar-refractivity contribution in [3.05, 3.63) is 141 Å². The molecule has 0 atom stereocenters. The van der Waals surface area contributed by atoms with Gasteiger partial charge < -0.3 is 29.2 Å². The molecule has 8 rings (SSSR count). The first-order valence-electron chi connectivity index (χ1n) is 18.0. The zero-order chi connectivity index (χ0) is 38.8. The van der Waals surface area contributed by atoms with Crippen LogP contribution in [-0.2, 0) is 9.47 Å². The van der Waals surface area contributed by atoms with Crippen LogP contribution in [-0.4, -0.2) is 49.9 Å². The molecule has 0 heterocycles. The Morgan fingerprint density at radius 1 is 0.357 bits per heavy atom. The van der Waals surface area contributed by atoms with E-state index in [1.807, 2.05) is 109 Å². The molecule has 0 unspecified atom stereocenters. The number of benzene rings is 8. The lowest BCUT2D eigenvalue weighted by Crippen LogP contribution is -2.14. The minimum atomic E-state index is -0.0461. The lowest BCUT2D eigenvalue weighted by Gasteiger charge is -2.19. The third-order valence-corrected chi connectivity index (χ3v) is 10.8. The van der Waals surface area contributed by atoms with Crippen molar-refractivity contribution < 1.29 is 29.2 Å². The van der Waals surface area contributed by atoms with E-state index in [1.54, 1.807) is 12.1 Å². The Kier molecular flexibility index (Phi) is 11.3. The van der Waals surface area contributed by atoms with Gasteiger partial charge in [-0.25, -0.2) is 0 Å². The summed E-state index contributed by atoms with van der Waals surface area (Å²) in [5.41, 5.74) is 2.41. The van der Waals surface area contributed by atoms with Gasteiger partial charge in [0.1, 0.15) is 36.2 Å². The van der Waals surface area contributed by atoms with E-state index in [0.717, 1.165) is 43.1 Å². The summed E-state index contributed by atoms with van der Waals surface area (Å²) in [5, 5.41) is 30.8. The predicted molar refractivity (Wildman–Crippen MR) is 230 cm³/mol. The molecule has 2 N–H and O–H groups in total. The molecule has 0 spiro atoms. The van der Waals surface area contributed by atoms with Gasteiger partial charge in [-0.1, -0.05) is 143 Å². The number of hydrogen-bond donors (Lipinski definition) is 2. The molecule has 0 aliphatic carbocycles. The van der Waals surface area contributed by atoms with E-state index in [9.17, 15) is 10.2 Å². The highest BCUT2D eigenvalue weighted by atomic mass is 35.5. The SMILES string of the molecule is Oc1c(Cl)cc2ccccc2c1-c1c(OCCOCCOCCOc2c(Cl)cc3ccccc3c2-c2c(O)c(Cl)cc3ccccc23)c(Cl)cc2ccccc12. The second-order valence-electron chi connectivity index (χ2n) is 13.1. The second kappa shape index (κ2) is 16.7. The van der Waals surface area contributed by atoms with Crippen LogP contribution in [0.1, 0.15) is 0 Å². The van der Waals surface area contributed by atoms with Crippen molar-refractivity contribution in [3.8, 4) is 45.3 Å². The van der Waals surface area contributed by atoms with E-state index >= 15 is 0 Å². The van der Waals surface area contributed by atoms with E-state index in [-0.39, 0.29) is 48.0 Å². The molecule has 0 aromatic heterocycles. The molecule has 0 aliphatic heterocycles. The van der Waals surface area contributed by atoms with Crippen LogP contribution in [0.5, 0.6) is 23.0 Å². The molecule has 6 nitrogen and oxygen atoms in total. The first-order valence-corrected chi connectivity index (χ1v) is 19.5. The third-order valence-electron chi connectivity index (χ3n) is 9.68. The Bertz CT molecular complexity index is 2560. The summed E-state index contributed by atoms with van der Waals surface area (Å²) in [6, 6.07) is 38.3. The van der Waals surface area contributed by atoms with Crippen LogP contribution in [0.25, 0.3) is 65.3 Å². The number of phenolic OH excluding ortho intramolecular Hbond substituents is 2. The summed E-state index contributed by atoms with van der Waals surface area (Å²) >= 11 is 26.7. The summed E-state index contributed by atoms with van der Waals surface area (Å²) in [5.74, 6) is 0.761. The predicted octanol–water partition coefficient (Wildman–Crippen LogP) is 13.1. The quantitative estimate of drug-likeness (QED) is 0.113. The molecular weight excluding hydrogens is 790 g/mol. The lowest BCUT2D eigenvalue weighted by atomic mass is 9.92. The van der Waals surface area contributed by atoms with Gasteiger partial charge in [0.2, 0.25) is 0 Å². The minimum absolute atomic E-state index is 0.0461. The number of phenols is 2. The van der Waals surface area contributed by atoms with Crippen LogP contribution >= 0.6 is 46.4 Å². The number of aromatic hydroxyl groups is 2. The van der Waals surface area contributed by atoms with E-state index < -0.39 is 0 Å². The topological polar surface area (TPSA) is 77.4 Å². The first-order chi connectivity index (χ1) is 27.3. The Balaban J connectivity index is 0.920. The molecular formula is C46H34Cl4O6. The van der Waals surface area contributed by atoms with E-state index in [4.69, 9.17) is 65.4 Å². The molecule has 0 saturated carbocycles. The third kappa shape index (κ3) is 7.37. The average Bonchev–Trinajstić information content (AvgIpc) is 3.20. The Hall–Kier alpha value is -4.92. The highest BCUT2D eigenvalue weighted by Crippen LogP contribution is 2.51. The van der Waals surface area contributed by atoms with Gasteiger partial charge in [-0.15, -0.1) is 0 Å². The molecule has 0 bridgehead atoms. The maximum absolute atomic E-state index is 11.3. The first kappa shape index (κ1) is 38.0. The smallest absolute Gasteiger partial charge is 0.146 e. The van der Waals surface area contributed by atoms with Gasteiger partial charge in [0.25, 0.3) is 0 Å². The van der Waals surface area contributed by atoms with Gasteiger partial charge in [0.15, 0.2) is 0 Å². The van der Waals surface area contributed by atoms with Crippen LogP contribution in [0.15, 0.2) is 121 Å². The molecule has 0 amide bonds. The van der Waals surface area contributed by atoms with E-state index in [1.165, 1.54) is 0 Å². The normalized spacial score (nSPS) is 11.6. The summed E-state index contributed by atoms with van der Waals surface area (Å²) in [6.07, 6.45) is 0. The monoisotopic (exact) mass is 822 g/mol. The molecule has 8 aromatic carbocycles. The molecule has 8 aromatic rings. The van der Waals surface area contributed by atoms with Crippen LogP contribution < -0.4 is 9.47 Å². The highest BCUT2D eigenvalue weighted by Gasteiger charge is 2.24. The Morgan fingerprint density at radius 2 is 0.643 bits per heavy atom. The van der Waals surface area contributed by atoms with Gasteiger partial charge in [-0.2, -0.15) is 0 Å².